The Morgan fingerprint density at radius 1 is 1.14 bits per heavy atom. The van der Waals surface area contributed by atoms with E-state index in [1.54, 1.807) is 44.6 Å². The number of ether oxygens (including phenoxy) is 2. The van der Waals surface area contributed by atoms with E-state index in [2.05, 4.69) is 5.32 Å². The molecule has 5 heteroatoms. The molecule has 21 heavy (non-hydrogen) atoms. The molecule has 0 bridgehead atoms. The van der Waals surface area contributed by atoms with Crippen LogP contribution in [-0.4, -0.2) is 20.8 Å². The van der Waals surface area contributed by atoms with Gasteiger partial charge in [0.15, 0.2) is 0 Å². The minimum absolute atomic E-state index is 0.285. The highest BCUT2D eigenvalue weighted by Crippen LogP contribution is 2.31. The molecule has 2 aromatic carbocycles. The molecule has 0 aliphatic rings. The van der Waals surface area contributed by atoms with Crippen LogP contribution in [0.4, 0.5) is 10.1 Å². The van der Waals surface area contributed by atoms with Crippen molar-refractivity contribution in [2.45, 2.75) is 6.04 Å². The van der Waals surface area contributed by atoms with Crippen LogP contribution in [0.5, 0.6) is 11.5 Å². The van der Waals surface area contributed by atoms with Gasteiger partial charge in [0.05, 0.1) is 25.9 Å². The Morgan fingerprint density at radius 2 is 1.90 bits per heavy atom. The monoisotopic (exact) mass is 290 g/mol. The minimum Gasteiger partial charge on any atom is -0.497 e. The van der Waals surface area contributed by atoms with Gasteiger partial charge in [-0.05, 0) is 30.3 Å². The molecule has 3 N–H and O–H groups in total. The molecule has 0 aromatic heterocycles. The number of halogens is 1. The van der Waals surface area contributed by atoms with Gasteiger partial charge in [0.2, 0.25) is 0 Å². The summed E-state index contributed by atoms with van der Waals surface area (Å²) in [6, 6.07) is 11.6. The molecule has 2 rings (SSSR count). The van der Waals surface area contributed by atoms with Crippen molar-refractivity contribution in [3.63, 3.8) is 0 Å². The third-order valence-electron chi connectivity index (χ3n) is 3.25. The molecular formula is C16H19FN2O2. The first kappa shape index (κ1) is 15.1. The van der Waals surface area contributed by atoms with Gasteiger partial charge < -0.3 is 20.5 Å². The lowest BCUT2D eigenvalue weighted by molar-refractivity contribution is 0.396. The zero-order valence-corrected chi connectivity index (χ0v) is 12.1. The summed E-state index contributed by atoms with van der Waals surface area (Å²) in [5.74, 6) is 1.05. The van der Waals surface area contributed by atoms with Crippen LogP contribution in [0.2, 0.25) is 0 Å². The summed E-state index contributed by atoms with van der Waals surface area (Å²) in [4.78, 5) is 0. The average molecular weight is 290 g/mol. The maximum absolute atomic E-state index is 13.8. The van der Waals surface area contributed by atoms with Crippen molar-refractivity contribution in [2.24, 2.45) is 5.73 Å². The first-order valence-electron chi connectivity index (χ1n) is 6.62. The predicted molar refractivity (Wildman–Crippen MR) is 81.4 cm³/mol. The lowest BCUT2D eigenvalue weighted by atomic mass is 10.0. The van der Waals surface area contributed by atoms with E-state index < -0.39 is 0 Å². The highest BCUT2D eigenvalue weighted by molar-refractivity contribution is 5.50. The van der Waals surface area contributed by atoms with Crippen molar-refractivity contribution in [1.29, 1.82) is 0 Å². The van der Waals surface area contributed by atoms with Gasteiger partial charge in [0.1, 0.15) is 17.3 Å². The summed E-state index contributed by atoms with van der Waals surface area (Å²) in [6.07, 6.45) is 0. The van der Waals surface area contributed by atoms with Gasteiger partial charge in [0.25, 0.3) is 0 Å². The van der Waals surface area contributed by atoms with Gasteiger partial charge in [-0.25, -0.2) is 4.39 Å². The first-order chi connectivity index (χ1) is 10.2. The van der Waals surface area contributed by atoms with Crippen LogP contribution in [-0.2, 0) is 0 Å². The molecular weight excluding hydrogens is 271 g/mol. The second-order valence-corrected chi connectivity index (χ2v) is 4.52. The number of methoxy groups -OCH3 is 2. The number of rotatable bonds is 6. The average Bonchev–Trinajstić information content (AvgIpc) is 2.53. The molecule has 0 saturated heterocycles. The minimum atomic E-state index is -0.321. The van der Waals surface area contributed by atoms with Gasteiger partial charge in [0, 0.05) is 12.1 Å². The smallest absolute Gasteiger partial charge is 0.146 e. The summed E-state index contributed by atoms with van der Waals surface area (Å²) in [7, 11) is 3.18. The number of nitrogens with two attached hydrogens (primary N) is 1. The van der Waals surface area contributed by atoms with Crippen LogP contribution in [0.15, 0.2) is 42.5 Å². The van der Waals surface area contributed by atoms with Crippen LogP contribution in [0.25, 0.3) is 0 Å². The van der Waals surface area contributed by atoms with Crippen molar-refractivity contribution >= 4 is 5.69 Å². The molecule has 4 nitrogen and oxygen atoms in total. The Kier molecular flexibility index (Phi) is 5.00. The van der Waals surface area contributed by atoms with Crippen molar-refractivity contribution in [1.82, 2.24) is 0 Å². The summed E-state index contributed by atoms with van der Waals surface area (Å²) in [5.41, 5.74) is 7.06. The fraction of sp³-hybridized carbons (Fsp3) is 0.250. The van der Waals surface area contributed by atoms with E-state index in [4.69, 9.17) is 15.2 Å². The van der Waals surface area contributed by atoms with Crippen LogP contribution in [0.1, 0.15) is 11.6 Å². The van der Waals surface area contributed by atoms with Crippen molar-refractivity contribution in [2.75, 3.05) is 26.1 Å². The van der Waals surface area contributed by atoms with E-state index in [0.717, 1.165) is 5.56 Å². The molecule has 0 aliphatic heterocycles. The molecule has 0 amide bonds. The van der Waals surface area contributed by atoms with E-state index in [1.807, 2.05) is 6.07 Å². The van der Waals surface area contributed by atoms with E-state index in [0.29, 0.717) is 17.2 Å². The fourth-order valence-electron chi connectivity index (χ4n) is 2.14. The van der Waals surface area contributed by atoms with Crippen LogP contribution < -0.4 is 20.5 Å². The zero-order chi connectivity index (χ0) is 15.2. The number of para-hydroxylation sites is 1. The normalized spacial score (nSPS) is 11.8. The lowest BCUT2D eigenvalue weighted by Gasteiger charge is -2.21. The van der Waals surface area contributed by atoms with E-state index in [9.17, 15) is 4.39 Å². The molecule has 1 unspecified atom stereocenters. The maximum atomic E-state index is 13.8. The Balaban J connectivity index is 2.34. The number of hydrogen-bond donors (Lipinski definition) is 2. The van der Waals surface area contributed by atoms with Crippen molar-refractivity contribution in [3.05, 3.63) is 53.8 Å². The molecule has 0 radical (unpaired) electrons. The van der Waals surface area contributed by atoms with Crippen molar-refractivity contribution in [3.8, 4) is 11.5 Å². The second-order valence-electron chi connectivity index (χ2n) is 4.52. The number of benzene rings is 2. The maximum Gasteiger partial charge on any atom is 0.146 e. The quantitative estimate of drug-likeness (QED) is 0.859. The molecule has 0 heterocycles. The molecule has 0 saturated carbocycles. The van der Waals surface area contributed by atoms with Gasteiger partial charge in [-0.3, -0.25) is 0 Å². The van der Waals surface area contributed by atoms with E-state index in [-0.39, 0.29) is 18.4 Å². The second kappa shape index (κ2) is 6.95. The Hall–Kier alpha value is -2.27. The topological polar surface area (TPSA) is 56.5 Å². The van der Waals surface area contributed by atoms with Crippen LogP contribution in [0, 0.1) is 5.82 Å². The Labute approximate surface area is 123 Å². The molecule has 2 aromatic rings. The summed E-state index contributed by atoms with van der Waals surface area (Å²) >= 11 is 0. The third kappa shape index (κ3) is 3.44. The fourth-order valence-corrected chi connectivity index (χ4v) is 2.14. The highest BCUT2D eigenvalue weighted by Gasteiger charge is 2.17. The van der Waals surface area contributed by atoms with E-state index >= 15 is 0 Å². The first-order valence-corrected chi connectivity index (χ1v) is 6.62. The van der Waals surface area contributed by atoms with E-state index in [1.165, 1.54) is 6.07 Å². The zero-order valence-electron chi connectivity index (χ0n) is 12.1. The number of anilines is 1. The lowest BCUT2D eigenvalue weighted by Crippen LogP contribution is -2.21. The van der Waals surface area contributed by atoms with Gasteiger partial charge in [-0.15, -0.1) is 0 Å². The molecule has 1 atom stereocenters. The Bertz CT molecular complexity index is 605. The van der Waals surface area contributed by atoms with Crippen molar-refractivity contribution < 1.29 is 13.9 Å². The van der Waals surface area contributed by atoms with Crippen LogP contribution in [0.3, 0.4) is 0 Å². The third-order valence-corrected chi connectivity index (χ3v) is 3.25. The largest absolute Gasteiger partial charge is 0.497 e. The SMILES string of the molecule is COc1ccc(OC)c(C(CN)Nc2ccccc2F)c1. The Morgan fingerprint density at radius 3 is 2.52 bits per heavy atom. The molecule has 112 valence electrons. The molecule has 0 fully saturated rings. The van der Waals surface area contributed by atoms with Gasteiger partial charge in [-0.2, -0.15) is 0 Å². The van der Waals surface area contributed by atoms with Gasteiger partial charge >= 0.3 is 0 Å². The molecule has 0 aliphatic carbocycles. The summed E-state index contributed by atoms with van der Waals surface area (Å²) in [5, 5.41) is 3.10. The van der Waals surface area contributed by atoms with Gasteiger partial charge in [-0.1, -0.05) is 12.1 Å². The number of hydrogen-bond acceptors (Lipinski definition) is 4. The summed E-state index contributed by atoms with van der Waals surface area (Å²) < 4.78 is 24.3. The number of nitrogens with one attached hydrogen (secondary N) is 1. The predicted octanol–water partition coefficient (Wildman–Crippen LogP) is 2.95. The highest BCUT2D eigenvalue weighted by atomic mass is 19.1. The summed E-state index contributed by atoms with van der Waals surface area (Å²) in [6.45, 7) is 0.290. The standard InChI is InChI=1S/C16H19FN2O2/c1-20-11-7-8-16(21-2)12(9-11)15(10-18)19-14-6-4-3-5-13(14)17/h3-9,15,19H,10,18H2,1-2H3. The molecule has 0 spiro atoms. The van der Waals surface area contributed by atoms with Crippen LogP contribution >= 0.6 is 0 Å².